The highest BCUT2D eigenvalue weighted by Crippen LogP contribution is 2.33. The van der Waals surface area contributed by atoms with Gasteiger partial charge in [-0.05, 0) is 43.2 Å². The van der Waals surface area contributed by atoms with E-state index >= 15 is 0 Å². The number of carbonyl (C=O) groups excluding carboxylic acids is 2. The highest BCUT2D eigenvalue weighted by atomic mass is 79.9. The van der Waals surface area contributed by atoms with Crippen LogP contribution in [0.5, 0.6) is 11.5 Å². The van der Waals surface area contributed by atoms with Gasteiger partial charge in [-0.15, -0.1) is 0 Å². The molecule has 0 bridgehead atoms. The van der Waals surface area contributed by atoms with Gasteiger partial charge < -0.3 is 19.7 Å². The third kappa shape index (κ3) is 8.12. The number of hydrogen-bond acceptors (Lipinski definition) is 6. The molecule has 0 aliphatic rings. The van der Waals surface area contributed by atoms with Crippen LogP contribution in [0.25, 0.3) is 0 Å². The molecule has 0 unspecified atom stereocenters. The molecule has 0 fully saturated rings. The van der Waals surface area contributed by atoms with Crippen LogP contribution in [-0.2, 0) is 26.2 Å². The molecule has 2 aromatic carbocycles. The second kappa shape index (κ2) is 13.5. The number of sulfonamides is 1. The van der Waals surface area contributed by atoms with E-state index in [1.807, 2.05) is 31.2 Å². The van der Waals surface area contributed by atoms with Gasteiger partial charge in [-0.1, -0.05) is 41.4 Å². The third-order valence-electron chi connectivity index (χ3n) is 5.57. The summed E-state index contributed by atoms with van der Waals surface area (Å²) in [5.74, 6) is -0.128. The summed E-state index contributed by atoms with van der Waals surface area (Å²) in [5, 5.41) is 2.85. The number of carbonyl (C=O) groups is 2. The van der Waals surface area contributed by atoms with Crippen LogP contribution < -0.4 is 19.1 Å². The Balaban J connectivity index is 2.42. The summed E-state index contributed by atoms with van der Waals surface area (Å²) in [5.41, 5.74) is 0.982. The Labute approximate surface area is 221 Å². The zero-order valence-electron chi connectivity index (χ0n) is 21.3. The SMILES string of the molecule is CCCCNC(=O)[C@H](C)N(Cc1cccc(Br)c1)C(=O)CN(c1ccc(OC)cc1OC)S(C)(=O)=O. The smallest absolute Gasteiger partial charge is 0.244 e. The van der Waals surface area contributed by atoms with Crippen LogP contribution in [0, 0.1) is 0 Å². The molecule has 36 heavy (non-hydrogen) atoms. The molecule has 2 aromatic rings. The fourth-order valence-corrected chi connectivity index (χ4v) is 4.84. The van der Waals surface area contributed by atoms with Gasteiger partial charge in [-0.2, -0.15) is 0 Å². The summed E-state index contributed by atoms with van der Waals surface area (Å²) in [4.78, 5) is 27.9. The Bertz CT molecular complexity index is 1160. The molecule has 0 radical (unpaired) electrons. The van der Waals surface area contributed by atoms with Gasteiger partial charge in [0.15, 0.2) is 0 Å². The number of nitrogens with zero attached hydrogens (tertiary/aromatic N) is 2. The van der Waals surface area contributed by atoms with Crippen molar-refractivity contribution in [3.05, 3.63) is 52.5 Å². The first kappa shape index (κ1) is 29.4. The Morgan fingerprint density at radius 3 is 2.42 bits per heavy atom. The summed E-state index contributed by atoms with van der Waals surface area (Å²) in [6.07, 6.45) is 2.75. The van der Waals surface area contributed by atoms with E-state index in [2.05, 4.69) is 21.2 Å². The lowest BCUT2D eigenvalue weighted by atomic mass is 10.1. The Kier molecular flexibility index (Phi) is 11.0. The summed E-state index contributed by atoms with van der Waals surface area (Å²) >= 11 is 3.43. The Morgan fingerprint density at radius 1 is 1.11 bits per heavy atom. The summed E-state index contributed by atoms with van der Waals surface area (Å²) in [7, 11) is -0.994. The van der Waals surface area contributed by atoms with Gasteiger partial charge in [0.25, 0.3) is 0 Å². The number of hydrogen-bond donors (Lipinski definition) is 1. The number of rotatable bonds is 13. The zero-order chi connectivity index (χ0) is 26.9. The Morgan fingerprint density at radius 2 is 1.83 bits per heavy atom. The molecule has 198 valence electrons. The van der Waals surface area contributed by atoms with Crippen molar-refractivity contribution in [3.8, 4) is 11.5 Å². The predicted octanol–water partition coefficient (Wildman–Crippen LogP) is 3.57. The lowest BCUT2D eigenvalue weighted by Crippen LogP contribution is -2.51. The van der Waals surface area contributed by atoms with Crippen molar-refractivity contribution < 1.29 is 27.5 Å². The fourth-order valence-electron chi connectivity index (χ4n) is 3.54. The van der Waals surface area contributed by atoms with Crippen molar-refractivity contribution in [2.45, 2.75) is 39.3 Å². The van der Waals surface area contributed by atoms with Crippen molar-refractivity contribution in [2.75, 3.05) is 37.9 Å². The molecule has 2 amide bonds. The molecule has 1 N–H and O–H groups in total. The summed E-state index contributed by atoms with van der Waals surface area (Å²) in [6, 6.07) is 11.2. The maximum atomic E-state index is 13.6. The van der Waals surface area contributed by atoms with Crippen LogP contribution in [-0.4, -0.2) is 64.7 Å². The number of ether oxygens (including phenoxy) is 2. The highest BCUT2D eigenvalue weighted by Gasteiger charge is 2.31. The molecule has 0 aliphatic carbocycles. The predicted molar refractivity (Wildman–Crippen MR) is 144 cm³/mol. The summed E-state index contributed by atoms with van der Waals surface area (Å²) < 4.78 is 37.9. The molecule has 11 heteroatoms. The minimum absolute atomic E-state index is 0.123. The average Bonchev–Trinajstić information content (AvgIpc) is 2.84. The largest absolute Gasteiger partial charge is 0.497 e. The third-order valence-corrected chi connectivity index (χ3v) is 7.19. The molecule has 0 saturated carbocycles. The standard InChI is InChI=1S/C25H34BrN3O6S/c1-6-7-13-27-25(31)18(2)28(16-19-9-8-10-20(26)14-19)24(30)17-29(36(5,32)33)22-12-11-21(34-3)15-23(22)35-4/h8-12,14-15,18H,6-7,13,16-17H2,1-5H3,(H,27,31)/t18-/m0/s1. The van der Waals surface area contributed by atoms with Gasteiger partial charge in [-0.3, -0.25) is 13.9 Å². The van der Waals surface area contributed by atoms with Gasteiger partial charge in [0.1, 0.15) is 24.1 Å². The van der Waals surface area contributed by atoms with Crippen LogP contribution in [0.15, 0.2) is 46.9 Å². The van der Waals surface area contributed by atoms with E-state index in [1.165, 1.54) is 25.2 Å². The van der Waals surface area contributed by atoms with E-state index < -0.39 is 28.5 Å². The zero-order valence-corrected chi connectivity index (χ0v) is 23.7. The lowest BCUT2D eigenvalue weighted by molar-refractivity contribution is -0.139. The van der Waals surface area contributed by atoms with Crippen molar-refractivity contribution >= 4 is 43.5 Å². The first-order valence-electron chi connectivity index (χ1n) is 11.5. The molecular weight excluding hydrogens is 550 g/mol. The van der Waals surface area contributed by atoms with Gasteiger partial charge in [0.05, 0.1) is 26.2 Å². The van der Waals surface area contributed by atoms with E-state index in [4.69, 9.17) is 9.47 Å². The second-order valence-electron chi connectivity index (χ2n) is 8.28. The van der Waals surface area contributed by atoms with E-state index in [0.717, 1.165) is 33.4 Å². The number of unbranched alkanes of at least 4 members (excludes halogenated alkanes) is 1. The van der Waals surface area contributed by atoms with Crippen LogP contribution in [0.2, 0.25) is 0 Å². The van der Waals surface area contributed by atoms with Crippen LogP contribution in [0.4, 0.5) is 5.69 Å². The number of halogens is 1. The van der Waals surface area contributed by atoms with Crippen LogP contribution >= 0.6 is 15.9 Å². The Hall–Kier alpha value is -2.79. The second-order valence-corrected chi connectivity index (χ2v) is 11.1. The van der Waals surface area contributed by atoms with Gasteiger partial charge in [0.2, 0.25) is 21.8 Å². The number of amides is 2. The normalized spacial score (nSPS) is 11.9. The number of methoxy groups -OCH3 is 2. The topological polar surface area (TPSA) is 105 Å². The maximum absolute atomic E-state index is 13.6. The molecule has 2 rings (SSSR count). The molecule has 1 atom stereocenters. The van der Waals surface area contributed by atoms with Gasteiger partial charge in [0, 0.05) is 23.6 Å². The van der Waals surface area contributed by atoms with Crippen molar-refractivity contribution in [1.29, 1.82) is 0 Å². The van der Waals surface area contributed by atoms with Gasteiger partial charge in [-0.25, -0.2) is 8.42 Å². The number of nitrogens with one attached hydrogen (secondary N) is 1. The molecule has 0 heterocycles. The van der Waals surface area contributed by atoms with Crippen molar-refractivity contribution in [1.82, 2.24) is 10.2 Å². The quantitative estimate of drug-likeness (QED) is 0.361. The molecule has 0 aliphatic heterocycles. The number of benzene rings is 2. The number of anilines is 1. The molecule has 0 saturated heterocycles. The van der Waals surface area contributed by atoms with Gasteiger partial charge >= 0.3 is 0 Å². The maximum Gasteiger partial charge on any atom is 0.244 e. The fraction of sp³-hybridized carbons (Fsp3) is 0.440. The van der Waals surface area contributed by atoms with E-state index in [1.54, 1.807) is 19.1 Å². The van der Waals surface area contributed by atoms with E-state index in [0.29, 0.717) is 12.3 Å². The highest BCUT2D eigenvalue weighted by molar-refractivity contribution is 9.10. The lowest BCUT2D eigenvalue weighted by Gasteiger charge is -2.32. The van der Waals surface area contributed by atoms with Crippen molar-refractivity contribution in [2.24, 2.45) is 0 Å². The molecule has 0 spiro atoms. The monoisotopic (exact) mass is 583 g/mol. The first-order valence-corrected chi connectivity index (χ1v) is 14.2. The first-order chi connectivity index (χ1) is 17.0. The molecule has 0 aromatic heterocycles. The molecular formula is C25H34BrN3O6S. The van der Waals surface area contributed by atoms with Crippen LogP contribution in [0.1, 0.15) is 32.3 Å². The van der Waals surface area contributed by atoms with E-state index in [-0.39, 0.29) is 23.9 Å². The molecule has 9 nitrogen and oxygen atoms in total. The van der Waals surface area contributed by atoms with E-state index in [9.17, 15) is 18.0 Å². The minimum Gasteiger partial charge on any atom is -0.497 e. The van der Waals surface area contributed by atoms with Crippen molar-refractivity contribution in [3.63, 3.8) is 0 Å². The van der Waals surface area contributed by atoms with Crippen LogP contribution in [0.3, 0.4) is 0 Å². The summed E-state index contributed by atoms with van der Waals surface area (Å²) in [6.45, 7) is 3.76. The minimum atomic E-state index is -3.88. The average molecular weight is 585 g/mol.